The molecule has 0 saturated heterocycles. The summed E-state index contributed by atoms with van der Waals surface area (Å²) in [7, 11) is 0. The molecule has 0 aliphatic heterocycles. The lowest BCUT2D eigenvalue weighted by atomic mass is 10.1. The first-order valence-corrected chi connectivity index (χ1v) is 8.56. The van der Waals surface area contributed by atoms with Gasteiger partial charge in [-0.2, -0.15) is 0 Å². The minimum atomic E-state index is -2.63. The van der Waals surface area contributed by atoms with Crippen molar-refractivity contribution in [1.82, 2.24) is 0 Å². The third-order valence-corrected chi connectivity index (χ3v) is 3.86. The van der Waals surface area contributed by atoms with Gasteiger partial charge in [0.2, 0.25) is 0 Å². The predicted molar refractivity (Wildman–Crippen MR) is 99.7 cm³/mol. The molecule has 0 radical (unpaired) electrons. The highest BCUT2D eigenvalue weighted by atomic mass is 16.6. The summed E-state index contributed by atoms with van der Waals surface area (Å²) < 4.78 is 8.59. The lowest BCUT2D eigenvalue weighted by Crippen LogP contribution is -2.43. The molecule has 0 aliphatic rings. The van der Waals surface area contributed by atoms with Gasteiger partial charge >= 0.3 is 35.8 Å². The van der Waals surface area contributed by atoms with Crippen LogP contribution >= 0.6 is 0 Å². The van der Waals surface area contributed by atoms with Crippen LogP contribution < -0.4 is 0 Å². The van der Waals surface area contributed by atoms with Crippen LogP contribution in [0.25, 0.3) is 0 Å². The van der Waals surface area contributed by atoms with Gasteiger partial charge in [0.1, 0.15) is 0 Å². The van der Waals surface area contributed by atoms with Crippen LogP contribution in [0.3, 0.4) is 0 Å². The Morgan fingerprint density at radius 3 is 1.22 bits per heavy atom. The smallest absolute Gasteiger partial charge is 0.346 e. The van der Waals surface area contributed by atoms with Crippen molar-refractivity contribution < 1.29 is 58.7 Å². The number of carbonyl (C=O) groups is 6. The number of rotatable bonds is 7. The molecule has 32 heavy (non-hydrogen) atoms. The highest BCUT2D eigenvalue weighted by Crippen LogP contribution is 2.11. The molecule has 0 saturated carbocycles. The highest BCUT2D eigenvalue weighted by molar-refractivity contribution is 6.03. The predicted octanol–water partition coefficient (Wildman–Crippen LogP) is -0.128. The van der Waals surface area contributed by atoms with Crippen molar-refractivity contribution in [2.45, 2.75) is 12.2 Å². The molecule has 166 valence electrons. The van der Waals surface area contributed by atoms with Crippen molar-refractivity contribution in [1.29, 1.82) is 0 Å². The summed E-state index contributed by atoms with van der Waals surface area (Å²) in [5.74, 6) is -9.02. The Kier molecular flexibility index (Phi) is 7.50. The molecular formula is C20H14O12. The van der Waals surface area contributed by atoms with Crippen molar-refractivity contribution in [2.75, 3.05) is 0 Å². The second kappa shape index (κ2) is 10.1. The van der Waals surface area contributed by atoms with Gasteiger partial charge in [-0.05, 0) is 36.4 Å². The van der Waals surface area contributed by atoms with Gasteiger partial charge < -0.3 is 29.9 Å². The molecule has 0 spiro atoms. The SMILES string of the molecule is O=C(O)c1cccc(C(=O)OC(=O)C(O)C(O)C(=O)OC(=O)c2cccc(C(=O)O)c2)c1. The van der Waals surface area contributed by atoms with Crippen LogP contribution in [-0.4, -0.2) is 68.4 Å². The summed E-state index contributed by atoms with van der Waals surface area (Å²) in [6.45, 7) is 0. The molecule has 12 nitrogen and oxygen atoms in total. The van der Waals surface area contributed by atoms with E-state index in [9.17, 15) is 39.0 Å². The summed E-state index contributed by atoms with van der Waals surface area (Å²) in [6.07, 6.45) is -5.26. The van der Waals surface area contributed by atoms with Gasteiger partial charge in [0.15, 0.2) is 12.2 Å². The average molecular weight is 446 g/mol. The summed E-state index contributed by atoms with van der Waals surface area (Å²) in [5.41, 5.74) is -1.31. The summed E-state index contributed by atoms with van der Waals surface area (Å²) >= 11 is 0. The molecule has 0 amide bonds. The number of ether oxygens (including phenoxy) is 2. The highest BCUT2D eigenvalue weighted by Gasteiger charge is 2.35. The zero-order chi connectivity index (χ0) is 24.0. The summed E-state index contributed by atoms with van der Waals surface area (Å²) in [6, 6.07) is 8.72. The number of aliphatic hydroxyl groups excluding tert-OH is 2. The number of hydrogen-bond acceptors (Lipinski definition) is 10. The summed E-state index contributed by atoms with van der Waals surface area (Å²) in [5, 5.41) is 37.3. The average Bonchev–Trinajstić information content (AvgIpc) is 2.77. The quantitative estimate of drug-likeness (QED) is 0.325. The lowest BCUT2D eigenvalue weighted by Gasteiger charge is -2.14. The summed E-state index contributed by atoms with van der Waals surface area (Å²) in [4.78, 5) is 69.4. The second-order valence-electron chi connectivity index (χ2n) is 6.08. The fraction of sp³-hybridized carbons (Fsp3) is 0.100. The van der Waals surface area contributed by atoms with E-state index in [2.05, 4.69) is 9.47 Å². The Bertz CT molecular complexity index is 1020. The zero-order valence-corrected chi connectivity index (χ0v) is 15.8. The van der Waals surface area contributed by atoms with Crippen molar-refractivity contribution in [3.05, 3.63) is 70.8 Å². The lowest BCUT2D eigenvalue weighted by molar-refractivity contribution is -0.166. The van der Waals surface area contributed by atoms with Crippen molar-refractivity contribution in [2.24, 2.45) is 0 Å². The molecule has 0 heterocycles. The fourth-order valence-corrected chi connectivity index (χ4v) is 2.24. The molecule has 2 aromatic rings. The Hall–Kier alpha value is -4.42. The Balaban J connectivity index is 2.01. The molecule has 0 aliphatic carbocycles. The van der Waals surface area contributed by atoms with Gasteiger partial charge in [-0.15, -0.1) is 0 Å². The number of carbonyl (C=O) groups excluding carboxylic acids is 4. The van der Waals surface area contributed by atoms with Gasteiger partial charge in [0.25, 0.3) is 0 Å². The molecule has 0 bridgehead atoms. The van der Waals surface area contributed by atoms with Crippen LogP contribution in [0.1, 0.15) is 41.4 Å². The third kappa shape index (κ3) is 5.81. The van der Waals surface area contributed by atoms with E-state index in [-0.39, 0.29) is 22.3 Å². The van der Waals surface area contributed by atoms with Gasteiger partial charge in [-0.25, -0.2) is 28.8 Å². The molecule has 2 rings (SSSR count). The van der Waals surface area contributed by atoms with Crippen LogP contribution in [0.5, 0.6) is 0 Å². The molecule has 12 heteroatoms. The van der Waals surface area contributed by atoms with E-state index in [1.807, 2.05) is 0 Å². The van der Waals surface area contributed by atoms with Crippen LogP contribution in [0, 0.1) is 0 Å². The van der Waals surface area contributed by atoms with Gasteiger partial charge in [0, 0.05) is 0 Å². The monoisotopic (exact) mass is 446 g/mol. The number of carboxylic acids is 2. The maximum Gasteiger partial charge on any atom is 0.346 e. The Labute approximate surface area is 178 Å². The number of aliphatic hydroxyl groups is 2. The van der Waals surface area contributed by atoms with Crippen molar-refractivity contribution >= 4 is 35.8 Å². The maximum absolute atomic E-state index is 11.9. The van der Waals surface area contributed by atoms with Crippen LogP contribution in [0.4, 0.5) is 0 Å². The largest absolute Gasteiger partial charge is 0.478 e. The fourth-order valence-electron chi connectivity index (χ4n) is 2.24. The van der Waals surface area contributed by atoms with Crippen LogP contribution in [0.2, 0.25) is 0 Å². The van der Waals surface area contributed by atoms with E-state index < -0.39 is 48.0 Å². The van der Waals surface area contributed by atoms with E-state index in [0.717, 1.165) is 24.3 Å². The number of esters is 4. The van der Waals surface area contributed by atoms with E-state index in [1.165, 1.54) is 24.3 Å². The Morgan fingerprint density at radius 1 is 0.594 bits per heavy atom. The Morgan fingerprint density at radius 2 is 0.906 bits per heavy atom. The van der Waals surface area contributed by atoms with E-state index >= 15 is 0 Å². The number of benzene rings is 2. The van der Waals surface area contributed by atoms with E-state index in [4.69, 9.17) is 10.2 Å². The molecule has 0 fully saturated rings. The topological polar surface area (TPSA) is 202 Å². The molecule has 2 unspecified atom stereocenters. The maximum atomic E-state index is 11.9. The van der Waals surface area contributed by atoms with Crippen LogP contribution in [-0.2, 0) is 19.1 Å². The molecule has 0 aromatic heterocycles. The molecule has 2 aromatic carbocycles. The molecular weight excluding hydrogens is 432 g/mol. The third-order valence-electron chi connectivity index (χ3n) is 3.86. The van der Waals surface area contributed by atoms with E-state index in [1.54, 1.807) is 0 Å². The standard InChI is InChI=1S/C20H14O12/c21-13(19(29)31-17(27)11-5-1-3-9(7-11)15(23)24)14(22)20(30)32-18(28)12-6-2-4-10(8-12)16(25)26/h1-8,13-14,21-22H,(H,23,24)(H,25,26). The second-order valence-corrected chi connectivity index (χ2v) is 6.08. The number of aromatic carboxylic acids is 2. The molecule has 4 N–H and O–H groups in total. The normalized spacial score (nSPS) is 12.2. The van der Waals surface area contributed by atoms with Crippen molar-refractivity contribution in [3.8, 4) is 0 Å². The first-order chi connectivity index (χ1) is 15.0. The van der Waals surface area contributed by atoms with Gasteiger partial charge in [-0.1, -0.05) is 12.1 Å². The minimum Gasteiger partial charge on any atom is -0.478 e. The first-order valence-electron chi connectivity index (χ1n) is 8.56. The first kappa shape index (κ1) is 23.9. The van der Waals surface area contributed by atoms with Gasteiger partial charge in [0.05, 0.1) is 22.3 Å². The minimum absolute atomic E-state index is 0.290. The zero-order valence-electron chi connectivity index (χ0n) is 15.8. The van der Waals surface area contributed by atoms with E-state index in [0.29, 0.717) is 0 Å². The number of hydrogen-bond donors (Lipinski definition) is 4. The van der Waals surface area contributed by atoms with Crippen molar-refractivity contribution in [3.63, 3.8) is 0 Å². The number of carboxylic acid groups (broad SMARTS) is 2. The van der Waals surface area contributed by atoms with Gasteiger partial charge in [-0.3, -0.25) is 0 Å². The molecule has 2 atom stereocenters. The van der Waals surface area contributed by atoms with Crippen LogP contribution in [0.15, 0.2) is 48.5 Å².